The van der Waals surface area contributed by atoms with Crippen LogP contribution in [0.15, 0.2) is 54.6 Å². The third-order valence-electron chi connectivity index (χ3n) is 2.65. The third-order valence-corrected chi connectivity index (χ3v) is 2.90. The SMILES string of the molecule is O=C(CCc1ccc(Cl)cc1)c1ccccc1. The lowest BCUT2D eigenvalue weighted by atomic mass is 10.0. The number of carbonyl (C=O) groups is 1. The standard InChI is InChI=1S/C15H13ClO/c16-14-9-6-12(7-10-14)8-11-15(17)13-4-2-1-3-5-13/h1-7,9-10H,8,11H2. The van der Waals surface area contributed by atoms with E-state index >= 15 is 0 Å². The van der Waals surface area contributed by atoms with Crippen molar-refractivity contribution in [2.24, 2.45) is 0 Å². The molecule has 2 aromatic carbocycles. The number of rotatable bonds is 4. The van der Waals surface area contributed by atoms with Gasteiger partial charge in [0.2, 0.25) is 0 Å². The molecule has 2 rings (SSSR count). The molecule has 0 bridgehead atoms. The van der Waals surface area contributed by atoms with Crippen molar-refractivity contribution >= 4 is 17.4 Å². The molecular weight excluding hydrogens is 232 g/mol. The number of halogens is 1. The van der Waals surface area contributed by atoms with Crippen LogP contribution in [-0.2, 0) is 6.42 Å². The first-order valence-corrected chi connectivity index (χ1v) is 5.96. The Balaban J connectivity index is 1.95. The first kappa shape index (κ1) is 11.9. The lowest BCUT2D eigenvalue weighted by Crippen LogP contribution is -2.00. The summed E-state index contributed by atoms with van der Waals surface area (Å²) in [7, 11) is 0. The summed E-state index contributed by atoms with van der Waals surface area (Å²) in [5, 5.41) is 0.725. The van der Waals surface area contributed by atoms with Crippen LogP contribution in [0.1, 0.15) is 22.3 Å². The van der Waals surface area contributed by atoms with E-state index in [1.807, 2.05) is 54.6 Å². The van der Waals surface area contributed by atoms with Gasteiger partial charge in [0.25, 0.3) is 0 Å². The van der Waals surface area contributed by atoms with Crippen molar-refractivity contribution in [3.63, 3.8) is 0 Å². The molecule has 86 valence electrons. The predicted molar refractivity (Wildman–Crippen MR) is 70.5 cm³/mol. The molecule has 0 atom stereocenters. The molecule has 1 nitrogen and oxygen atoms in total. The second-order valence-electron chi connectivity index (χ2n) is 3.92. The first-order chi connectivity index (χ1) is 8.25. The van der Waals surface area contributed by atoms with Gasteiger partial charge in [-0.3, -0.25) is 4.79 Å². The Kier molecular flexibility index (Phi) is 3.94. The van der Waals surface area contributed by atoms with Crippen LogP contribution in [0.3, 0.4) is 0 Å². The van der Waals surface area contributed by atoms with E-state index in [1.54, 1.807) is 0 Å². The second kappa shape index (κ2) is 5.65. The Morgan fingerprint density at radius 3 is 2.24 bits per heavy atom. The molecule has 0 amide bonds. The van der Waals surface area contributed by atoms with Gasteiger partial charge >= 0.3 is 0 Å². The summed E-state index contributed by atoms with van der Waals surface area (Å²) < 4.78 is 0. The fraction of sp³-hybridized carbons (Fsp3) is 0.133. The van der Waals surface area contributed by atoms with E-state index < -0.39 is 0 Å². The summed E-state index contributed by atoms with van der Waals surface area (Å²) >= 11 is 5.80. The Hall–Kier alpha value is -1.60. The quantitative estimate of drug-likeness (QED) is 0.739. The molecule has 17 heavy (non-hydrogen) atoms. The van der Waals surface area contributed by atoms with Gasteiger partial charge in [0.15, 0.2) is 5.78 Å². The molecule has 0 spiro atoms. The van der Waals surface area contributed by atoms with Crippen LogP contribution in [0.25, 0.3) is 0 Å². The van der Waals surface area contributed by atoms with Crippen molar-refractivity contribution in [2.75, 3.05) is 0 Å². The number of benzene rings is 2. The van der Waals surface area contributed by atoms with E-state index in [0.717, 1.165) is 22.6 Å². The predicted octanol–water partition coefficient (Wildman–Crippen LogP) is 4.16. The molecule has 0 aliphatic carbocycles. The number of aryl methyl sites for hydroxylation is 1. The molecule has 0 N–H and O–H groups in total. The zero-order chi connectivity index (χ0) is 12.1. The van der Waals surface area contributed by atoms with E-state index in [9.17, 15) is 4.79 Å². The van der Waals surface area contributed by atoms with Crippen LogP contribution >= 0.6 is 11.6 Å². The molecule has 0 aliphatic rings. The minimum atomic E-state index is 0.181. The van der Waals surface area contributed by atoms with Crippen LogP contribution in [0, 0.1) is 0 Å². The topological polar surface area (TPSA) is 17.1 Å². The third kappa shape index (κ3) is 3.43. The average Bonchev–Trinajstić information content (AvgIpc) is 2.39. The molecule has 0 saturated heterocycles. The van der Waals surface area contributed by atoms with Crippen LogP contribution in [0.5, 0.6) is 0 Å². The fourth-order valence-corrected chi connectivity index (χ4v) is 1.80. The van der Waals surface area contributed by atoms with E-state index in [4.69, 9.17) is 11.6 Å². The van der Waals surface area contributed by atoms with Gasteiger partial charge in [-0.2, -0.15) is 0 Å². The Morgan fingerprint density at radius 2 is 1.59 bits per heavy atom. The number of ketones is 1. The summed E-state index contributed by atoms with van der Waals surface area (Å²) in [4.78, 5) is 11.9. The molecule has 0 unspecified atom stereocenters. The zero-order valence-corrected chi connectivity index (χ0v) is 10.2. The van der Waals surface area contributed by atoms with E-state index in [-0.39, 0.29) is 5.78 Å². The molecule has 0 aliphatic heterocycles. The highest BCUT2D eigenvalue weighted by Gasteiger charge is 2.04. The van der Waals surface area contributed by atoms with Gasteiger partial charge in [-0.25, -0.2) is 0 Å². The maximum Gasteiger partial charge on any atom is 0.163 e. The van der Waals surface area contributed by atoms with Gasteiger partial charge in [0.1, 0.15) is 0 Å². The summed E-state index contributed by atoms with van der Waals surface area (Å²) in [6.07, 6.45) is 1.29. The van der Waals surface area contributed by atoms with Gasteiger partial charge in [0.05, 0.1) is 0 Å². The number of Topliss-reactive ketones (excluding diaryl/α,β-unsaturated/α-hetero) is 1. The highest BCUT2D eigenvalue weighted by Crippen LogP contribution is 2.12. The maximum atomic E-state index is 11.9. The lowest BCUT2D eigenvalue weighted by molar-refractivity contribution is 0.0983. The zero-order valence-electron chi connectivity index (χ0n) is 9.40. The van der Waals surface area contributed by atoms with Crippen molar-refractivity contribution in [1.29, 1.82) is 0 Å². The molecule has 0 fully saturated rings. The minimum Gasteiger partial charge on any atom is -0.294 e. The van der Waals surface area contributed by atoms with Crippen molar-refractivity contribution in [3.05, 3.63) is 70.7 Å². The van der Waals surface area contributed by atoms with Crippen molar-refractivity contribution in [2.45, 2.75) is 12.8 Å². The first-order valence-electron chi connectivity index (χ1n) is 5.58. The van der Waals surface area contributed by atoms with Gasteiger partial charge in [-0.1, -0.05) is 54.1 Å². The average molecular weight is 245 g/mol. The molecular formula is C15H13ClO. The van der Waals surface area contributed by atoms with Crippen LogP contribution in [0.4, 0.5) is 0 Å². The van der Waals surface area contributed by atoms with Gasteiger partial charge in [0, 0.05) is 17.0 Å². The Bertz CT molecular complexity index is 488. The molecule has 2 heteroatoms. The normalized spacial score (nSPS) is 10.2. The van der Waals surface area contributed by atoms with Crippen LogP contribution < -0.4 is 0 Å². The Labute approximate surface area is 106 Å². The van der Waals surface area contributed by atoms with Crippen LogP contribution in [-0.4, -0.2) is 5.78 Å². The van der Waals surface area contributed by atoms with Crippen LogP contribution in [0.2, 0.25) is 5.02 Å². The maximum absolute atomic E-state index is 11.9. The summed E-state index contributed by atoms with van der Waals surface area (Å²) in [6.45, 7) is 0. The smallest absolute Gasteiger partial charge is 0.163 e. The van der Waals surface area contributed by atoms with Gasteiger partial charge < -0.3 is 0 Å². The van der Waals surface area contributed by atoms with E-state index in [1.165, 1.54) is 0 Å². The second-order valence-corrected chi connectivity index (χ2v) is 4.35. The molecule has 2 aromatic rings. The number of hydrogen-bond acceptors (Lipinski definition) is 1. The fourth-order valence-electron chi connectivity index (χ4n) is 1.68. The molecule has 0 heterocycles. The lowest BCUT2D eigenvalue weighted by Gasteiger charge is -2.02. The van der Waals surface area contributed by atoms with E-state index in [2.05, 4.69) is 0 Å². The Morgan fingerprint density at radius 1 is 0.941 bits per heavy atom. The van der Waals surface area contributed by atoms with Gasteiger partial charge in [-0.15, -0.1) is 0 Å². The molecule has 0 aromatic heterocycles. The summed E-state index contributed by atoms with van der Waals surface area (Å²) in [6, 6.07) is 17.0. The minimum absolute atomic E-state index is 0.181. The number of hydrogen-bond donors (Lipinski definition) is 0. The monoisotopic (exact) mass is 244 g/mol. The van der Waals surface area contributed by atoms with Gasteiger partial charge in [-0.05, 0) is 24.1 Å². The highest BCUT2D eigenvalue weighted by molar-refractivity contribution is 6.30. The van der Waals surface area contributed by atoms with Crippen molar-refractivity contribution in [1.82, 2.24) is 0 Å². The highest BCUT2D eigenvalue weighted by atomic mass is 35.5. The number of carbonyl (C=O) groups excluding carboxylic acids is 1. The molecule has 0 radical (unpaired) electrons. The summed E-state index contributed by atoms with van der Waals surface area (Å²) in [5.74, 6) is 0.181. The molecule has 0 saturated carbocycles. The van der Waals surface area contributed by atoms with Crippen molar-refractivity contribution in [3.8, 4) is 0 Å². The largest absolute Gasteiger partial charge is 0.294 e. The van der Waals surface area contributed by atoms with Crippen molar-refractivity contribution < 1.29 is 4.79 Å². The van der Waals surface area contributed by atoms with E-state index in [0.29, 0.717) is 6.42 Å². The summed E-state index contributed by atoms with van der Waals surface area (Å²) in [5.41, 5.74) is 1.92.